The van der Waals surface area contributed by atoms with Gasteiger partial charge in [0.05, 0.1) is 0 Å². The summed E-state index contributed by atoms with van der Waals surface area (Å²) < 4.78 is 0. The van der Waals surface area contributed by atoms with Crippen LogP contribution >= 0.6 is 11.6 Å². The Labute approximate surface area is 135 Å². The van der Waals surface area contributed by atoms with Gasteiger partial charge in [0.25, 0.3) is 0 Å². The normalized spacial score (nSPS) is 11.9. The molecule has 116 valence electrons. The number of aliphatic hydroxyl groups is 1. The van der Waals surface area contributed by atoms with Gasteiger partial charge in [-0.25, -0.2) is 0 Å². The van der Waals surface area contributed by atoms with E-state index in [-0.39, 0.29) is 12.5 Å². The van der Waals surface area contributed by atoms with Crippen LogP contribution in [0.2, 0.25) is 5.02 Å². The fourth-order valence-electron chi connectivity index (χ4n) is 2.08. The minimum absolute atomic E-state index is 0.0906. The van der Waals surface area contributed by atoms with E-state index in [4.69, 9.17) is 16.7 Å². The van der Waals surface area contributed by atoms with Crippen molar-refractivity contribution in [2.24, 2.45) is 0 Å². The molecule has 0 spiro atoms. The Hall–Kier alpha value is -1.88. The van der Waals surface area contributed by atoms with Crippen molar-refractivity contribution in [3.05, 3.63) is 65.2 Å². The van der Waals surface area contributed by atoms with Crippen LogP contribution < -0.4 is 10.6 Å². The van der Waals surface area contributed by atoms with Gasteiger partial charge in [-0.05, 0) is 42.8 Å². The molecule has 0 bridgehead atoms. The van der Waals surface area contributed by atoms with E-state index in [2.05, 4.69) is 10.6 Å². The molecule has 1 amide bonds. The zero-order valence-corrected chi connectivity index (χ0v) is 12.9. The number of nitrogens with one attached hydrogen (secondary N) is 2. The number of halogens is 1. The van der Waals surface area contributed by atoms with E-state index < -0.39 is 6.04 Å². The molecule has 0 aliphatic heterocycles. The highest BCUT2D eigenvalue weighted by molar-refractivity contribution is 6.30. The monoisotopic (exact) mass is 318 g/mol. The summed E-state index contributed by atoms with van der Waals surface area (Å²) in [6, 6.07) is 16.0. The summed E-state index contributed by atoms with van der Waals surface area (Å²) in [7, 11) is 0. The van der Waals surface area contributed by atoms with Gasteiger partial charge in [-0.1, -0.05) is 41.9 Å². The molecule has 0 fully saturated rings. The van der Waals surface area contributed by atoms with Gasteiger partial charge in [0.1, 0.15) is 6.04 Å². The minimum Gasteiger partial charge on any atom is -0.396 e. The van der Waals surface area contributed by atoms with E-state index in [9.17, 15) is 4.79 Å². The van der Waals surface area contributed by atoms with E-state index in [1.54, 1.807) is 24.3 Å². The second kappa shape index (κ2) is 8.54. The summed E-state index contributed by atoms with van der Waals surface area (Å²) in [5.74, 6) is -0.147. The number of benzene rings is 2. The van der Waals surface area contributed by atoms with Crippen molar-refractivity contribution in [2.45, 2.75) is 12.5 Å². The SMILES string of the molecule is O=C(Nc1ccc(Cl)cc1)[C@H](NCCCO)c1ccccc1. The summed E-state index contributed by atoms with van der Waals surface area (Å²) >= 11 is 5.84. The van der Waals surface area contributed by atoms with Crippen molar-refractivity contribution < 1.29 is 9.90 Å². The Morgan fingerprint density at radius 1 is 1.09 bits per heavy atom. The summed E-state index contributed by atoms with van der Waals surface area (Å²) in [5.41, 5.74) is 1.58. The Balaban J connectivity index is 2.09. The van der Waals surface area contributed by atoms with Crippen LogP contribution in [0.4, 0.5) is 5.69 Å². The molecule has 0 saturated heterocycles. The lowest BCUT2D eigenvalue weighted by atomic mass is 10.1. The highest BCUT2D eigenvalue weighted by atomic mass is 35.5. The van der Waals surface area contributed by atoms with Crippen LogP contribution in [0.3, 0.4) is 0 Å². The average molecular weight is 319 g/mol. The molecule has 0 radical (unpaired) electrons. The van der Waals surface area contributed by atoms with Crippen LogP contribution in [0.5, 0.6) is 0 Å². The Morgan fingerprint density at radius 3 is 2.41 bits per heavy atom. The van der Waals surface area contributed by atoms with E-state index in [0.29, 0.717) is 23.7 Å². The maximum absolute atomic E-state index is 12.5. The zero-order valence-electron chi connectivity index (χ0n) is 12.1. The number of aliphatic hydroxyl groups excluding tert-OH is 1. The zero-order chi connectivity index (χ0) is 15.8. The molecule has 0 aliphatic rings. The lowest BCUT2D eigenvalue weighted by Crippen LogP contribution is -2.33. The van der Waals surface area contributed by atoms with Gasteiger partial charge < -0.3 is 15.7 Å². The molecule has 22 heavy (non-hydrogen) atoms. The third-order valence-corrected chi connectivity index (χ3v) is 3.44. The molecule has 0 aliphatic carbocycles. The number of rotatable bonds is 7. The molecule has 2 aromatic carbocycles. The maximum atomic E-state index is 12.5. The van der Waals surface area contributed by atoms with Crippen molar-refractivity contribution in [2.75, 3.05) is 18.5 Å². The van der Waals surface area contributed by atoms with Gasteiger partial charge in [0.2, 0.25) is 5.91 Å². The number of carbonyl (C=O) groups is 1. The Bertz CT molecular complexity index is 587. The van der Waals surface area contributed by atoms with E-state index in [1.165, 1.54) is 0 Å². The minimum atomic E-state index is -0.469. The second-order valence-corrected chi connectivity index (χ2v) is 5.31. The van der Waals surface area contributed by atoms with Gasteiger partial charge >= 0.3 is 0 Å². The largest absolute Gasteiger partial charge is 0.396 e. The average Bonchev–Trinajstić information content (AvgIpc) is 2.54. The van der Waals surface area contributed by atoms with Crippen LogP contribution in [0, 0.1) is 0 Å². The van der Waals surface area contributed by atoms with E-state index >= 15 is 0 Å². The van der Waals surface area contributed by atoms with Crippen molar-refractivity contribution >= 4 is 23.2 Å². The highest BCUT2D eigenvalue weighted by Gasteiger charge is 2.19. The smallest absolute Gasteiger partial charge is 0.246 e. The van der Waals surface area contributed by atoms with Gasteiger partial charge in [-0.15, -0.1) is 0 Å². The van der Waals surface area contributed by atoms with Gasteiger partial charge in [-0.3, -0.25) is 4.79 Å². The summed E-state index contributed by atoms with van der Waals surface area (Å²) in [5, 5.41) is 15.6. The molecular formula is C17H19ClN2O2. The molecule has 0 heterocycles. The fourth-order valence-corrected chi connectivity index (χ4v) is 2.21. The topological polar surface area (TPSA) is 61.4 Å². The summed E-state index contributed by atoms with van der Waals surface area (Å²) in [4.78, 5) is 12.5. The lowest BCUT2D eigenvalue weighted by Gasteiger charge is -2.19. The van der Waals surface area contributed by atoms with Gasteiger partial charge in [0, 0.05) is 17.3 Å². The van der Waals surface area contributed by atoms with Crippen LogP contribution in [-0.2, 0) is 4.79 Å². The third-order valence-electron chi connectivity index (χ3n) is 3.19. The number of hydrogen-bond acceptors (Lipinski definition) is 3. The second-order valence-electron chi connectivity index (χ2n) is 4.87. The highest BCUT2D eigenvalue weighted by Crippen LogP contribution is 2.18. The van der Waals surface area contributed by atoms with E-state index in [0.717, 1.165) is 5.56 Å². The Morgan fingerprint density at radius 2 is 1.77 bits per heavy atom. The summed E-state index contributed by atoms with van der Waals surface area (Å²) in [6.07, 6.45) is 0.595. The maximum Gasteiger partial charge on any atom is 0.246 e. The van der Waals surface area contributed by atoms with Crippen molar-refractivity contribution in [3.8, 4) is 0 Å². The molecular weight excluding hydrogens is 300 g/mol. The molecule has 3 N–H and O–H groups in total. The van der Waals surface area contributed by atoms with Gasteiger partial charge in [-0.2, -0.15) is 0 Å². The van der Waals surface area contributed by atoms with Crippen LogP contribution in [-0.4, -0.2) is 24.2 Å². The standard InChI is InChI=1S/C17H19ClN2O2/c18-14-7-9-15(10-8-14)20-17(22)16(19-11-4-12-21)13-5-2-1-3-6-13/h1-3,5-10,16,19,21H,4,11-12H2,(H,20,22)/t16-/m1/s1. The van der Waals surface area contributed by atoms with Crippen molar-refractivity contribution in [3.63, 3.8) is 0 Å². The van der Waals surface area contributed by atoms with Crippen molar-refractivity contribution in [1.29, 1.82) is 0 Å². The first-order chi connectivity index (χ1) is 10.7. The first kappa shape index (κ1) is 16.5. The fraction of sp³-hybridized carbons (Fsp3) is 0.235. The molecule has 0 saturated carbocycles. The molecule has 0 unspecified atom stereocenters. The van der Waals surface area contributed by atoms with Crippen LogP contribution in [0.15, 0.2) is 54.6 Å². The number of amides is 1. The van der Waals surface area contributed by atoms with Gasteiger partial charge in [0.15, 0.2) is 0 Å². The van der Waals surface area contributed by atoms with Crippen LogP contribution in [0.1, 0.15) is 18.0 Å². The molecule has 2 rings (SSSR count). The first-order valence-corrected chi connectivity index (χ1v) is 7.54. The Kier molecular flexibility index (Phi) is 6.40. The molecule has 5 heteroatoms. The molecule has 4 nitrogen and oxygen atoms in total. The quantitative estimate of drug-likeness (QED) is 0.688. The predicted octanol–water partition coefficient (Wildman–Crippen LogP) is 2.99. The first-order valence-electron chi connectivity index (χ1n) is 7.16. The predicted molar refractivity (Wildman–Crippen MR) is 89.0 cm³/mol. The molecule has 2 aromatic rings. The number of hydrogen-bond donors (Lipinski definition) is 3. The number of anilines is 1. The third kappa shape index (κ3) is 4.84. The van der Waals surface area contributed by atoms with Crippen molar-refractivity contribution in [1.82, 2.24) is 5.32 Å². The molecule has 1 atom stereocenters. The number of carbonyl (C=O) groups excluding carboxylic acids is 1. The lowest BCUT2D eigenvalue weighted by molar-refractivity contribution is -0.118. The van der Waals surface area contributed by atoms with Crippen LogP contribution in [0.25, 0.3) is 0 Å². The van der Waals surface area contributed by atoms with E-state index in [1.807, 2.05) is 30.3 Å². The molecule has 0 aromatic heterocycles. The summed E-state index contributed by atoms with van der Waals surface area (Å²) in [6.45, 7) is 0.650.